The molecule has 0 aliphatic rings. The van der Waals surface area contributed by atoms with Crippen LogP contribution in [0, 0.1) is 0 Å². The molecule has 1 rings (SSSR count). The van der Waals surface area contributed by atoms with Crippen molar-refractivity contribution in [2.45, 2.75) is 9.79 Å². The highest BCUT2D eigenvalue weighted by Crippen LogP contribution is 2.14. The second-order valence-electron chi connectivity index (χ2n) is 3.70. The maximum Gasteiger partial charge on any atom is 0.238 e. The first-order valence-corrected chi connectivity index (χ1v) is 9.69. The van der Waals surface area contributed by atoms with Gasteiger partial charge >= 0.3 is 0 Å². The van der Waals surface area contributed by atoms with Gasteiger partial charge < -0.3 is 0 Å². The van der Waals surface area contributed by atoms with Gasteiger partial charge in [0, 0.05) is 0 Å². The van der Waals surface area contributed by atoms with Crippen LogP contribution in [0.15, 0.2) is 34.1 Å². The summed E-state index contributed by atoms with van der Waals surface area (Å²) in [5.74, 6) is -1.40. The van der Waals surface area contributed by atoms with Gasteiger partial charge in [-0.05, 0) is 24.3 Å². The minimum absolute atomic E-state index is 0.205. The predicted octanol–water partition coefficient (Wildman–Crippen LogP) is -1.60. The number of hydrogen-bond acceptors (Lipinski definition) is 6. The van der Waals surface area contributed by atoms with Gasteiger partial charge in [0.1, 0.15) is 0 Å². The molecular formula is C8H12N2O6S3. The van der Waals surface area contributed by atoms with Crippen molar-refractivity contribution in [3.8, 4) is 0 Å². The normalized spacial score (nSPS) is 13.4. The molecule has 0 aliphatic heterocycles. The van der Waals surface area contributed by atoms with Crippen LogP contribution in [-0.2, 0) is 29.9 Å². The summed E-state index contributed by atoms with van der Waals surface area (Å²) in [6, 6.07) is 4.13. The van der Waals surface area contributed by atoms with E-state index in [1.54, 1.807) is 0 Å². The van der Waals surface area contributed by atoms with E-state index in [1.165, 1.54) is 0 Å². The second kappa shape index (κ2) is 5.17. The molecule has 0 heterocycles. The molecule has 0 bridgehead atoms. The molecule has 0 atom stereocenters. The molecule has 0 fully saturated rings. The zero-order valence-corrected chi connectivity index (χ0v) is 12.0. The van der Waals surface area contributed by atoms with Crippen LogP contribution in [0.5, 0.6) is 0 Å². The molecule has 1 aromatic rings. The van der Waals surface area contributed by atoms with Crippen molar-refractivity contribution in [1.29, 1.82) is 0 Å². The highest BCUT2D eigenvalue weighted by Gasteiger charge is 2.18. The Morgan fingerprint density at radius 3 is 1.53 bits per heavy atom. The fourth-order valence-corrected chi connectivity index (χ4v) is 4.29. The third-order valence-corrected chi connectivity index (χ3v) is 5.84. The number of nitrogens with two attached hydrogens (primary N) is 2. The molecule has 0 saturated carbocycles. The monoisotopic (exact) mass is 328 g/mol. The maximum absolute atomic E-state index is 11.7. The molecule has 11 heteroatoms. The van der Waals surface area contributed by atoms with Crippen LogP contribution in [0.25, 0.3) is 0 Å². The zero-order chi connectivity index (χ0) is 14.9. The molecule has 4 N–H and O–H groups in total. The van der Waals surface area contributed by atoms with Crippen molar-refractivity contribution in [3.05, 3.63) is 24.3 Å². The summed E-state index contributed by atoms with van der Waals surface area (Å²) in [4.78, 5) is -0.443. The summed E-state index contributed by atoms with van der Waals surface area (Å²) in [5.41, 5.74) is 0. The van der Waals surface area contributed by atoms with Crippen LogP contribution in [0.2, 0.25) is 0 Å². The third-order valence-electron chi connectivity index (χ3n) is 2.15. The van der Waals surface area contributed by atoms with E-state index in [-0.39, 0.29) is 9.79 Å². The van der Waals surface area contributed by atoms with Crippen LogP contribution < -0.4 is 10.3 Å². The Bertz CT molecular complexity index is 762. The number of sulfonamides is 2. The van der Waals surface area contributed by atoms with Crippen LogP contribution in [0.3, 0.4) is 0 Å². The molecule has 0 saturated heterocycles. The van der Waals surface area contributed by atoms with Gasteiger partial charge in [-0.15, -0.1) is 0 Å². The minimum Gasteiger partial charge on any atom is -0.229 e. The molecular weight excluding hydrogens is 316 g/mol. The van der Waals surface area contributed by atoms with Crippen LogP contribution in [-0.4, -0.2) is 36.8 Å². The first-order chi connectivity index (χ1) is 8.42. The Balaban J connectivity index is 3.04. The lowest BCUT2D eigenvalue weighted by molar-refractivity contribution is 0.588. The average Bonchev–Trinajstić information content (AvgIpc) is 2.25. The number of benzene rings is 1. The molecule has 0 spiro atoms. The molecule has 0 aromatic heterocycles. The summed E-state index contributed by atoms with van der Waals surface area (Å²) in [6.07, 6.45) is 0. The number of sulfone groups is 1. The summed E-state index contributed by atoms with van der Waals surface area (Å²) in [7, 11) is -11.7. The van der Waals surface area contributed by atoms with Crippen molar-refractivity contribution >= 4 is 29.9 Å². The fourth-order valence-electron chi connectivity index (χ4n) is 1.18. The second-order valence-corrected chi connectivity index (χ2v) is 9.11. The van der Waals surface area contributed by atoms with E-state index in [0.717, 1.165) is 24.3 Å². The third kappa shape index (κ3) is 4.87. The van der Waals surface area contributed by atoms with E-state index in [4.69, 9.17) is 10.3 Å². The van der Waals surface area contributed by atoms with Gasteiger partial charge in [0.15, 0.2) is 9.84 Å². The molecule has 0 radical (unpaired) electrons. The first-order valence-electron chi connectivity index (χ1n) is 4.78. The van der Waals surface area contributed by atoms with Crippen molar-refractivity contribution in [3.63, 3.8) is 0 Å². The summed E-state index contributed by atoms with van der Waals surface area (Å²) in [5, 5.41) is 9.57. The number of primary sulfonamides is 2. The maximum atomic E-state index is 11.7. The Morgan fingerprint density at radius 1 is 0.737 bits per heavy atom. The quantitative estimate of drug-likeness (QED) is 0.663. The Labute approximate surface area is 111 Å². The lowest BCUT2D eigenvalue weighted by Crippen LogP contribution is -2.23. The number of hydrogen-bond donors (Lipinski definition) is 2. The van der Waals surface area contributed by atoms with Crippen LogP contribution >= 0.6 is 0 Å². The molecule has 1 aromatic carbocycles. The lowest BCUT2D eigenvalue weighted by atomic mass is 10.4. The minimum atomic E-state index is -3.91. The Hall–Kier alpha value is -1.01. The average molecular weight is 328 g/mol. The van der Waals surface area contributed by atoms with Gasteiger partial charge in [-0.25, -0.2) is 35.5 Å². The summed E-state index contributed by atoms with van der Waals surface area (Å²) < 4.78 is 66.9. The summed E-state index contributed by atoms with van der Waals surface area (Å²) in [6.45, 7) is 0. The van der Waals surface area contributed by atoms with Crippen molar-refractivity contribution in [2.75, 3.05) is 11.5 Å². The highest BCUT2D eigenvalue weighted by molar-refractivity contribution is 7.94. The van der Waals surface area contributed by atoms with E-state index < -0.39 is 41.4 Å². The topological polar surface area (TPSA) is 154 Å². The van der Waals surface area contributed by atoms with Crippen molar-refractivity contribution < 1.29 is 25.3 Å². The molecule has 0 unspecified atom stereocenters. The van der Waals surface area contributed by atoms with E-state index in [2.05, 4.69) is 0 Å². The van der Waals surface area contributed by atoms with Gasteiger partial charge in [-0.1, -0.05) is 0 Å². The molecule has 8 nitrogen and oxygen atoms in total. The largest absolute Gasteiger partial charge is 0.238 e. The van der Waals surface area contributed by atoms with Crippen molar-refractivity contribution in [1.82, 2.24) is 0 Å². The van der Waals surface area contributed by atoms with Crippen LogP contribution in [0.4, 0.5) is 0 Å². The lowest BCUT2D eigenvalue weighted by Gasteiger charge is -2.04. The van der Waals surface area contributed by atoms with E-state index in [9.17, 15) is 25.3 Å². The Kier molecular flexibility index (Phi) is 4.37. The predicted molar refractivity (Wildman–Crippen MR) is 67.8 cm³/mol. The Morgan fingerprint density at radius 2 is 1.16 bits per heavy atom. The van der Waals surface area contributed by atoms with Gasteiger partial charge in [-0.3, -0.25) is 0 Å². The highest BCUT2D eigenvalue weighted by atomic mass is 32.2. The molecule has 0 aliphatic carbocycles. The SMILES string of the molecule is NS(=O)(=O)CCS(=O)(=O)c1ccc(S(N)(=O)=O)cc1. The van der Waals surface area contributed by atoms with E-state index >= 15 is 0 Å². The molecule has 108 valence electrons. The van der Waals surface area contributed by atoms with Crippen LogP contribution in [0.1, 0.15) is 0 Å². The molecule has 0 amide bonds. The van der Waals surface area contributed by atoms with Gasteiger partial charge in [0.25, 0.3) is 0 Å². The van der Waals surface area contributed by atoms with E-state index in [1.807, 2.05) is 0 Å². The van der Waals surface area contributed by atoms with Gasteiger partial charge in [0.05, 0.1) is 21.3 Å². The first kappa shape index (κ1) is 16.0. The van der Waals surface area contributed by atoms with Gasteiger partial charge in [-0.2, -0.15) is 0 Å². The summed E-state index contributed by atoms with van der Waals surface area (Å²) >= 11 is 0. The smallest absolute Gasteiger partial charge is 0.229 e. The zero-order valence-electron chi connectivity index (χ0n) is 9.55. The fraction of sp³-hybridized carbons (Fsp3) is 0.250. The molecule has 19 heavy (non-hydrogen) atoms. The van der Waals surface area contributed by atoms with Gasteiger partial charge in [0.2, 0.25) is 20.0 Å². The van der Waals surface area contributed by atoms with E-state index in [0.29, 0.717) is 0 Å². The van der Waals surface area contributed by atoms with Crippen molar-refractivity contribution in [2.24, 2.45) is 10.3 Å². The number of rotatable bonds is 5. The standard InChI is InChI=1S/C8H12N2O6S3/c9-18(13,14)6-5-17(11,12)7-1-3-8(4-2-7)19(10,15)16/h1-4H,5-6H2,(H2,9,13,14)(H2,10,15,16).